The van der Waals surface area contributed by atoms with Crippen LogP contribution in [0.4, 0.5) is 5.82 Å². The van der Waals surface area contributed by atoms with E-state index in [1.165, 1.54) is 0 Å². The first-order valence-corrected chi connectivity index (χ1v) is 6.36. The van der Waals surface area contributed by atoms with Gasteiger partial charge in [0.25, 0.3) is 11.8 Å². The Hall–Kier alpha value is -2.63. The van der Waals surface area contributed by atoms with Crippen LogP contribution in [0.5, 0.6) is 11.6 Å². The largest absolute Gasteiger partial charge is 0.435 e. The minimum absolute atomic E-state index is 0.155. The molecule has 0 bridgehead atoms. The van der Waals surface area contributed by atoms with Crippen LogP contribution in [0.1, 0.15) is 15.9 Å². The van der Waals surface area contributed by atoms with Crippen LogP contribution in [0.2, 0.25) is 0 Å². The molecule has 1 aromatic carbocycles. The first kappa shape index (κ1) is 12.4. The van der Waals surface area contributed by atoms with Crippen molar-refractivity contribution >= 4 is 11.7 Å². The maximum atomic E-state index is 12.1. The van der Waals surface area contributed by atoms with Crippen molar-refractivity contribution in [3.8, 4) is 11.6 Å². The van der Waals surface area contributed by atoms with Crippen LogP contribution in [-0.2, 0) is 0 Å². The van der Waals surface area contributed by atoms with Gasteiger partial charge in [-0.05, 0) is 18.6 Å². The number of amides is 1. The van der Waals surface area contributed by atoms with E-state index < -0.39 is 0 Å². The maximum absolute atomic E-state index is 12.1. The lowest BCUT2D eigenvalue weighted by Crippen LogP contribution is -2.30. The molecule has 1 aliphatic rings. The molecule has 3 rings (SSSR count). The van der Waals surface area contributed by atoms with Crippen molar-refractivity contribution in [3.63, 3.8) is 0 Å². The molecule has 1 aliphatic heterocycles. The summed E-state index contributed by atoms with van der Waals surface area (Å²) in [5, 5.41) is 5.93. The molecule has 1 aromatic heterocycles. The number of carbonyl (C=O) groups excluding carboxylic acids is 1. The van der Waals surface area contributed by atoms with Gasteiger partial charge in [-0.1, -0.05) is 12.1 Å². The van der Waals surface area contributed by atoms with Crippen LogP contribution in [-0.4, -0.2) is 29.0 Å². The molecule has 2 N–H and O–H groups in total. The number of para-hydroxylation sites is 1. The summed E-state index contributed by atoms with van der Waals surface area (Å²) in [6, 6.07) is 5.46. The Morgan fingerprint density at radius 1 is 1.15 bits per heavy atom. The zero-order valence-corrected chi connectivity index (χ0v) is 11.0. The predicted octanol–water partition coefficient (Wildman–Crippen LogP) is 1.73. The molecule has 0 spiro atoms. The molecule has 0 aliphatic carbocycles. The number of aryl methyl sites for hydroxylation is 1. The first-order chi connectivity index (χ1) is 9.75. The number of aromatic nitrogens is 2. The molecule has 2 heterocycles. The van der Waals surface area contributed by atoms with Gasteiger partial charge in [-0.3, -0.25) is 4.79 Å². The van der Waals surface area contributed by atoms with E-state index in [0.717, 1.165) is 5.56 Å². The van der Waals surface area contributed by atoms with Crippen molar-refractivity contribution in [1.82, 2.24) is 15.3 Å². The van der Waals surface area contributed by atoms with Crippen LogP contribution in [0.25, 0.3) is 0 Å². The second-order valence-corrected chi connectivity index (χ2v) is 4.45. The SMILES string of the molecule is Cc1cccc2c1Oc1nccnc1NCCNC2=O. The standard InChI is InChI=1S/C14H14N4O2/c1-9-3-2-4-10-11(9)20-14-12(16-6-8-18-14)15-5-7-17-13(10)19/h2-4,6,8H,5,7H2,1H3,(H,15,16)(H,17,19). The zero-order valence-electron chi connectivity index (χ0n) is 11.0. The molecule has 6 heteroatoms. The molecule has 0 radical (unpaired) electrons. The number of anilines is 1. The number of carbonyl (C=O) groups is 1. The smallest absolute Gasteiger partial charge is 0.262 e. The number of hydrogen-bond donors (Lipinski definition) is 2. The molecule has 0 saturated carbocycles. The predicted molar refractivity (Wildman–Crippen MR) is 74.1 cm³/mol. The van der Waals surface area contributed by atoms with Gasteiger partial charge in [-0.25, -0.2) is 9.97 Å². The van der Waals surface area contributed by atoms with Crippen molar-refractivity contribution in [2.24, 2.45) is 0 Å². The molecule has 0 unspecified atom stereocenters. The lowest BCUT2D eigenvalue weighted by Gasteiger charge is -2.17. The Morgan fingerprint density at radius 3 is 2.85 bits per heavy atom. The number of fused-ring (bicyclic) bond motifs is 2. The minimum Gasteiger partial charge on any atom is -0.435 e. The van der Waals surface area contributed by atoms with E-state index in [-0.39, 0.29) is 5.91 Å². The summed E-state index contributed by atoms with van der Waals surface area (Å²) in [7, 11) is 0. The number of rotatable bonds is 0. The van der Waals surface area contributed by atoms with Crippen molar-refractivity contribution in [3.05, 3.63) is 41.7 Å². The van der Waals surface area contributed by atoms with Crippen LogP contribution in [0.15, 0.2) is 30.6 Å². The first-order valence-electron chi connectivity index (χ1n) is 6.36. The van der Waals surface area contributed by atoms with Gasteiger partial charge in [0, 0.05) is 25.5 Å². The van der Waals surface area contributed by atoms with Gasteiger partial charge in [-0.2, -0.15) is 0 Å². The molecular weight excluding hydrogens is 256 g/mol. The molecule has 0 atom stereocenters. The number of nitrogens with one attached hydrogen (secondary N) is 2. The van der Waals surface area contributed by atoms with Crippen LogP contribution in [0.3, 0.4) is 0 Å². The third-order valence-electron chi connectivity index (χ3n) is 3.02. The van der Waals surface area contributed by atoms with Crippen molar-refractivity contribution < 1.29 is 9.53 Å². The Morgan fingerprint density at radius 2 is 1.95 bits per heavy atom. The number of ether oxygens (including phenoxy) is 1. The van der Waals surface area contributed by atoms with Gasteiger partial charge in [0.1, 0.15) is 5.75 Å². The van der Waals surface area contributed by atoms with E-state index in [9.17, 15) is 4.79 Å². The fourth-order valence-corrected chi connectivity index (χ4v) is 2.04. The molecule has 0 fully saturated rings. The highest BCUT2D eigenvalue weighted by Gasteiger charge is 2.18. The van der Waals surface area contributed by atoms with Crippen molar-refractivity contribution in [2.45, 2.75) is 6.92 Å². The highest BCUT2D eigenvalue weighted by molar-refractivity contribution is 5.97. The fourth-order valence-electron chi connectivity index (χ4n) is 2.04. The highest BCUT2D eigenvalue weighted by atomic mass is 16.5. The number of nitrogens with zero attached hydrogens (tertiary/aromatic N) is 2. The summed E-state index contributed by atoms with van der Waals surface area (Å²) >= 11 is 0. The van der Waals surface area contributed by atoms with Crippen molar-refractivity contribution in [2.75, 3.05) is 18.4 Å². The summed E-state index contributed by atoms with van der Waals surface area (Å²) in [5.41, 5.74) is 1.37. The topological polar surface area (TPSA) is 76.1 Å². The Labute approximate surface area is 116 Å². The monoisotopic (exact) mass is 270 g/mol. The summed E-state index contributed by atoms with van der Waals surface area (Å²) in [6.07, 6.45) is 3.16. The van der Waals surface area contributed by atoms with E-state index in [1.807, 2.05) is 19.1 Å². The lowest BCUT2D eigenvalue weighted by molar-refractivity contribution is 0.0952. The van der Waals surface area contributed by atoms with Gasteiger partial charge in [-0.15, -0.1) is 0 Å². The van der Waals surface area contributed by atoms with Crippen LogP contribution < -0.4 is 15.4 Å². The summed E-state index contributed by atoms with van der Waals surface area (Å²) in [6.45, 7) is 2.95. The van der Waals surface area contributed by atoms with Gasteiger partial charge >= 0.3 is 0 Å². The average Bonchev–Trinajstić information content (AvgIpc) is 2.46. The molecular formula is C14H14N4O2. The normalized spacial score (nSPS) is 14.2. The van der Waals surface area contributed by atoms with Gasteiger partial charge < -0.3 is 15.4 Å². The zero-order chi connectivity index (χ0) is 13.9. The number of benzene rings is 1. The Kier molecular flexibility index (Phi) is 3.20. The maximum Gasteiger partial charge on any atom is 0.262 e. The van der Waals surface area contributed by atoms with E-state index in [2.05, 4.69) is 20.6 Å². The molecule has 102 valence electrons. The van der Waals surface area contributed by atoms with Gasteiger partial charge in [0.05, 0.1) is 5.56 Å². The lowest BCUT2D eigenvalue weighted by atomic mass is 10.1. The van der Waals surface area contributed by atoms with E-state index in [1.54, 1.807) is 18.5 Å². The highest BCUT2D eigenvalue weighted by Crippen LogP contribution is 2.31. The second kappa shape index (κ2) is 5.16. The average molecular weight is 270 g/mol. The summed E-state index contributed by atoms with van der Waals surface area (Å²) in [4.78, 5) is 20.5. The summed E-state index contributed by atoms with van der Waals surface area (Å²) < 4.78 is 5.82. The van der Waals surface area contributed by atoms with Crippen LogP contribution >= 0.6 is 0 Å². The quantitative estimate of drug-likeness (QED) is 0.762. The molecule has 2 aromatic rings. The molecule has 1 amide bonds. The van der Waals surface area contributed by atoms with E-state index in [0.29, 0.717) is 36.1 Å². The minimum atomic E-state index is -0.155. The molecule has 6 nitrogen and oxygen atoms in total. The number of hydrogen-bond acceptors (Lipinski definition) is 5. The second-order valence-electron chi connectivity index (χ2n) is 4.45. The van der Waals surface area contributed by atoms with E-state index >= 15 is 0 Å². The Balaban J connectivity index is 2.12. The third kappa shape index (κ3) is 2.27. The molecule has 0 saturated heterocycles. The van der Waals surface area contributed by atoms with Gasteiger partial charge in [0.2, 0.25) is 0 Å². The Bertz CT molecular complexity index is 657. The summed E-state index contributed by atoms with van der Waals surface area (Å²) in [5.74, 6) is 1.30. The van der Waals surface area contributed by atoms with Crippen molar-refractivity contribution in [1.29, 1.82) is 0 Å². The fraction of sp³-hybridized carbons (Fsp3) is 0.214. The van der Waals surface area contributed by atoms with Crippen LogP contribution in [0, 0.1) is 6.92 Å². The van der Waals surface area contributed by atoms with E-state index in [4.69, 9.17) is 4.74 Å². The molecule has 20 heavy (non-hydrogen) atoms. The third-order valence-corrected chi connectivity index (χ3v) is 3.02. The van der Waals surface area contributed by atoms with Gasteiger partial charge in [0.15, 0.2) is 5.82 Å².